The van der Waals surface area contributed by atoms with E-state index < -0.39 is 0 Å². The third-order valence-electron chi connectivity index (χ3n) is 5.04. The van der Waals surface area contributed by atoms with E-state index in [1.807, 2.05) is 0 Å². The molecule has 2 unspecified atom stereocenters. The van der Waals surface area contributed by atoms with Crippen LogP contribution in [0.3, 0.4) is 0 Å². The molecule has 20 heavy (non-hydrogen) atoms. The van der Waals surface area contributed by atoms with Crippen molar-refractivity contribution in [1.29, 1.82) is 0 Å². The fraction of sp³-hybridized carbons (Fsp3) is 0.647. The van der Waals surface area contributed by atoms with Crippen LogP contribution in [0.5, 0.6) is 0 Å². The van der Waals surface area contributed by atoms with E-state index in [2.05, 4.69) is 36.2 Å². The zero-order valence-corrected chi connectivity index (χ0v) is 12.4. The Morgan fingerprint density at radius 1 is 1.30 bits per heavy atom. The molecular formula is C17H26N2O. The maximum Gasteiger partial charge on any atom is 0.0653 e. The number of nitrogens with zero attached hydrogens (tertiary/aromatic N) is 1. The normalized spacial score (nSPS) is 28.8. The summed E-state index contributed by atoms with van der Waals surface area (Å²) in [6.07, 6.45) is 5.04. The topological polar surface area (TPSA) is 49.5 Å². The summed E-state index contributed by atoms with van der Waals surface area (Å²) in [5.41, 5.74) is 8.20. The van der Waals surface area contributed by atoms with Crippen LogP contribution in [0, 0.1) is 5.92 Å². The lowest BCUT2D eigenvalue weighted by Gasteiger charge is -2.20. The van der Waals surface area contributed by atoms with E-state index in [1.165, 1.54) is 17.5 Å². The first kappa shape index (κ1) is 14.1. The molecule has 1 heterocycles. The predicted molar refractivity (Wildman–Crippen MR) is 81.5 cm³/mol. The van der Waals surface area contributed by atoms with E-state index in [4.69, 9.17) is 5.73 Å². The summed E-state index contributed by atoms with van der Waals surface area (Å²) in [5.74, 6) is 0.633. The molecule has 1 saturated heterocycles. The molecule has 2 atom stereocenters. The Morgan fingerprint density at radius 2 is 2.00 bits per heavy atom. The van der Waals surface area contributed by atoms with Crippen LogP contribution in [0.1, 0.15) is 42.9 Å². The van der Waals surface area contributed by atoms with E-state index >= 15 is 0 Å². The van der Waals surface area contributed by atoms with Gasteiger partial charge in [0.05, 0.1) is 5.60 Å². The molecule has 3 rings (SSSR count). The summed E-state index contributed by atoms with van der Waals surface area (Å²) < 4.78 is 0. The minimum atomic E-state index is -0.335. The highest BCUT2D eigenvalue weighted by Gasteiger charge is 2.39. The summed E-state index contributed by atoms with van der Waals surface area (Å²) in [4.78, 5) is 2.42. The summed E-state index contributed by atoms with van der Waals surface area (Å²) in [5, 5.41) is 9.89. The van der Waals surface area contributed by atoms with Gasteiger partial charge in [-0.15, -0.1) is 0 Å². The zero-order chi connectivity index (χ0) is 14.2. The highest BCUT2D eigenvalue weighted by Crippen LogP contribution is 2.39. The number of benzene rings is 1. The molecule has 3 N–H and O–H groups in total. The molecular weight excluding hydrogens is 248 g/mol. The summed E-state index contributed by atoms with van der Waals surface area (Å²) in [6, 6.07) is 9.49. The summed E-state index contributed by atoms with van der Waals surface area (Å²) >= 11 is 0. The van der Waals surface area contributed by atoms with Gasteiger partial charge in [0.2, 0.25) is 0 Å². The molecule has 1 aromatic carbocycles. The van der Waals surface area contributed by atoms with Gasteiger partial charge >= 0.3 is 0 Å². The highest BCUT2D eigenvalue weighted by molar-refractivity contribution is 5.26. The van der Waals surface area contributed by atoms with Gasteiger partial charge in [0.25, 0.3) is 0 Å². The molecule has 0 bridgehead atoms. The second-order valence-corrected chi connectivity index (χ2v) is 6.76. The summed E-state index contributed by atoms with van der Waals surface area (Å²) in [6.45, 7) is 1.90. The number of likely N-dealkylation sites (tertiary alicyclic amines) is 1. The predicted octanol–water partition coefficient (Wildman–Crippen LogP) is 2.10. The Balaban J connectivity index is 1.61. The molecule has 0 aromatic heterocycles. The minimum absolute atomic E-state index is 0.335. The molecule has 110 valence electrons. The van der Waals surface area contributed by atoms with Crippen molar-refractivity contribution in [3.8, 4) is 0 Å². The van der Waals surface area contributed by atoms with Gasteiger partial charge in [0, 0.05) is 12.6 Å². The van der Waals surface area contributed by atoms with E-state index in [0.717, 1.165) is 38.8 Å². The largest absolute Gasteiger partial charge is 0.390 e. The van der Waals surface area contributed by atoms with Crippen molar-refractivity contribution < 1.29 is 5.11 Å². The number of nitrogens with two attached hydrogens (primary N) is 1. The number of rotatable bonds is 5. The lowest BCUT2D eigenvalue weighted by molar-refractivity contribution is 0.140. The smallest absolute Gasteiger partial charge is 0.0653 e. The van der Waals surface area contributed by atoms with Crippen molar-refractivity contribution in [2.45, 2.75) is 43.7 Å². The first-order valence-electron chi connectivity index (χ1n) is 7.81. The van der Waals surface area contributed by atoms with Crippen molar-refractivity contribution in [3.63, 3.8) is 0 Å². The molecule has 1 aliphatic heterocycles. The molecule has 3 heteroatoms. The second kappa shape index (κ2) is 5.47. The van der Waals surface area contributed by atoms with E-state index in [1.54, 1.807) is 0 Å². The maximum atomic E-state index is 9.89. The molecule has 0 amide bonds. The third kappa shape index (κ3) is 3.05. The van der Waals surface area contributed by atoms with Crippen LogP contribution in [0.25, 0.3) is 0 Å². The highest BCUT2D eigenvalue weighted by atomic mass is 16.3. The quantitative estimate of drug-likeness (QED) is 0.864. The fourth-order valence-electron chi connectivity index (χ4n) is 3.34. The van der Waals surface area contributed by atoms with Crippen LogP contribution in [0.2, 0.25) is 0 Å². The van der Waals surface area contributed by atoms with Crippen LogP contribution < -0.4 is 5.73 Å². The molecule has 0 radical (unpaired) electrons. The average molecular weight is 274 g/mol. The molecule has 2 fully saturated rings. The molecule has 1 aliphatic carbocycles. The minimum Gasteiger partial charge on any atom is -0.390 e. The monoisotopic (exact) mass is 274 g/mol. The molecule has 0 spiro atoms. The van der Waals surface area contributed by atoms with Crippen molar-refractivity contribution in [3.05, 3.63) is 35.4 Å². The van der Waals surface area contributed by atoms with Crippen molar-refractivity contribution in [2.24, 2.45) is 11.7 Å². The standard InChI is InChI=1S/C17H26N2O/c1-19-12-14(11-18)10-16(19)15-4-2-13(3-5-15)6-7-17(20)8-9-17/h2-5,14,16,20H,6-12,18H2,1H3. The van der Waals surface area contributed by atoms with Gasteiger partial charge in [-0.3, -0.25) is 4.90 Å². The second-order valence-electron chi connectivity index (χ2n) is 6.76. The number of aryl methyl sites for hydroxylation is 1. The van der Waals surface area contributed by atoms with Gasteiger partial charge in [-0.05, 0) is 62.7 Å². The fourth-order valence-corrected chi connectivity index (χ4v) is 3.34. The van der Waals surface area contributed by atoms with Gasteiger partial charge < -0.3 is 10.8 Å². The van der Waals surface area contributed by atoms with Gasteiger partial charge in [-0.1, -0.05) is 24.3 Å². The van der Waals surface area contributed by atoms with Crippen LogP contribution in [-0.2, 0) is 6.42 Å². The number of hydrogen-bond acceptors (Lipinski definition) is 3. The van der Waals surface area contributed by atoms with Crippen molar-refractivity contribution in [2.75, 3.05) is 20.1 Å². The lowest BCUT2D eigenvalue weighted by atomic mass is 9.97. The van der Waals surface area contributed by atoms with Crippen molar-refractivity contribution >= 4 is 0 Å². The molecule has 1 aromatic rings. The average Bonchev–Trinajstić information content (AvgIpc) is 3.07. The Hall–Kier alpha value is -0.900. The first-order valence-corrected chi connectivity index (χ1v) is 7.81. The summed E-state index contributed by atoms with van der Waals surface area (Å²) in [7, 11) is 2.19. The van der Waals surface area contributed by atoms with Crippen LogP contribution in [0.4, 0.5) is 0 Å². The first-order chi connectivity index (χ1) is 9.59. The third-order valence-corrected chi connectivity index (χ3v) is 5.04. The Bertz CT molecular complexity index is 453. The van der Waals surface area contributed by atoms with Gasteiger partial charge in [0.1, 0.15) is 0 Å². The number of hydrogen-bond donors (Lipinski definition) is 2. The van der Waals surface area contributed by atoms with Crippen LogP contribution >= 0.6 is 0 Å². The van der Waals surface area contributed by atoms with E-state index in [9.17, 15) is 5.11 Å². The molecule has 3 nitrogen and oxygen atoms in total. The van der Waals surface area contributed by atoms with Crippen molar-refractivity contribution in [1.82, 2.24) is 4.90 Å². The Labute approximate surface area is 121 Å². The molecule has 1 saturated carbocycles. The van der Waals surface area contributed by atoms with Gasteiger partial charge in [-0.25, -0.2) is 0 Å². The van der Waals surface area contributed by atoms with Crippen LogP contribution in [0.15, 0.2) is 24.3 Å². The van der Waals surface area contributed by atoms with E-state index in [-0.39, 0.29) is 5.60 Å². The van der Waals surface area contributed by atoms with Crippen LogP contribution in [-0.4, -0.2) is 35.7 Å². The van der Waals surface area contributed by atoms with Gasteiger partial charge in [0.15, 0.2) is 0 Å². The maximum absolute atomic E-state index is 9.89. The van der Waals surface area contributed by atoms with E-state index in [0.29, 0.717) is 12.0 Å². The lowest BCUT2D eigenvalue weighted by Crippen LogP contribution is -2.20. The molecule has 2 aliphatic rings. The van der Waals surface area contributed by atoms with Gasteiger partial charge in [-0.2, -0.15) is 0 Å². The zero-order valence-electron chi connectivity index (χ0n) is 12.4. The SMILES string of the molecule is CN1CC(CN)CC1c1ccc(CCC2(O)CC2)cc1. The Morgan fingerprint density at radius 3 is 2.55 bits per heavy atom. The number of aliphatic hydroxyl groups is 1. The Kier molecular flexibility index (Phi) is 3.85.